The number of rotatable bonds is 3. The maximum absolute atomic E-state index is 13.0. The van der Waals surface area contributed by atoms with E-state index in [-0.39, 0.29) is 5.91 Å². The van der Waals surface area contributed by atoms with Gasteiger partial charge in [0, 0.05) is 43.2 Å². The first-order valence-corrected chi connectivity index (χ1v) is 9.79. The average molecular weight is 391 g/mol. The number of hydrogen-bond acceptors (Lipinski definition) is 6. The van der Waals surface area contributed by atoms with E-state index in [0.29, 0.717) is 34.7 Å². The van der Waals surface area contributed by atoms with Gasteiger partial charge in [-0.3, -0.25) is 9.69 Å². The van der Waals surface area contributed by atoms with E-state index in [1.165, 1.54) is 11.3 Å². The minimum absolute atomic E-state index is 0.0217. The molecule has 136 valence electrons. The Morgan fingerprint density at radius 3 is 2.88 bits per heavy atom. The first-order valence-electron chi connectivity index (χ1n) is 8.59. The first-order chi connectivity index (χ1) is 12.6. The van der Waals surface area contributed by atoms with Crippen LogP contribution >= 0.6 is 22.9 Å². The number of aryl methyl sites for hydroxylation is 1. The molecule has 3 heterocycles. The van der Waals surface area contributed by atoms with Gasteiger partial charge in [-0.25, -0.2) is 0 Å². The van der Waals surface area contributed by atoms with Crippen LogP contribution in [0, 0.1) is 6.92 Å². The van der Waals surface area contributed by atoms with Crippen molar-refractivity contribution in [2.45, 2.75) is 19.9 Å². The van der Waals surface area contributed by atoms with Crippen molar-refractivity contribution in [2.75, 3.05) is 26.2 Å². The first kappa shape index (κ1) is 17.5. The van der Waals surface area contributed by atoms with Crippen molar-refractivity contribution in [3.05, 3.63) is 45.9 Å². The summed E-state index contributed by atoms with van der Waals surface area (Å²) in [6.07, 6.45) is 0.908. The van der Waals surface area contributed by atoms with Gasteiger partial charge in [-0.2, -0.15) is 4.98 Å². The molecular weight excluding hydrogens is 372 g/mol. The van der Waals surface area contributed by atoms with Gasteiger partial charge in [0.15, 0.2) is 5.82 Å². The smallest absolute Gasteiger partial charge is 0.265 e. The molecule has 0 N–H and O–H groups in total. The van der Waals surface area contributed by atoms with Crippen molar-refractivity contribution in [3.8, 4) is 0 Å². The standard InChI is InChI=1S/C18H19ClN4O2S/c1-12-20-15(21-25-12)11-22-7-4-8-23(10-9-22)18(24)17-16(19)13-5-2-3-6-14(13)26-17/h2-3,5-6H,4,7-11H2,1H3. The van der Waals surface area contributed by atoms with Crippen molar-refractivity contribution in [2.24, 2.45) is 0 Å². The third kappa shape index (κ3) is 3.47. The lowest BCUT2D eigenvalue weighted by Gasteiger charge is -2.21. The van der Waals surface area contributed by atoms with Gasteiger partial charge in [-0.05, 0) is 12.5 Å². The highest BCUT2D eigenvalue weighted by Crippen LogP contribution is 2.36. The van der Waals surface area contributed by atoms with Gasteiger partial charge in [-0.15, -0.1) is 11.3 Å². The third-order valence-electron chi connectivity index (χ3n) is 4.54. The predicted molar refractivity (Wildman–Crippen MR) is 102 cm³/mol. The summed E-state index contributed by atoms with van der Waals surface area (Å²) in [4.78, 5) is 22.1. The van der Waals surface area contributed by atoms with E-state index in [2.05, 4.69) is 15.0 Å². The number of aromatic nitrogens is 2. The SMILES string of the molecule is Cc1nc(CN2CCCN(C(=O)c3sc4ccccc4c3Cl)CC2)no1. The summed E-state index contributed by atoms with van der Waals surface area (Å²) in [5.41, 5.74) is 0. The largest absolute Gasteiger partial charge is 0.340 e. The number of carbonyl (C=O) groups is 1. The van der Waals surface area contributed by atoms with Crippen LogP contribution in [0.2, 0.25) is 5.02 Å². The molecule has 4 rings (SSSR count). The quantitative estimate of drug-likeness (QED) is 0.683. The number of benzene rings is 1. The van der Waals surface area contributed by atoms with Gasteiger partial charge in [0.25, 0.3) is 5.91 Å². The molecular formula is C18H19ClN4O2S. The van der Waals surface area contributed by atoms with Crippen molar-refractivity contribution in [3.63, 3.8) is 0 Å². The lowest BCUT2D eigenvalue weighted by molar-refractivity contribution is 0.0766. The topological polar surface area (TPSA) is 62.5 Å². The summed E-state index contributed by atoms with van der Waals surface area (Å²) in [6, 6.07) is 7.87. The average Bonchev–Trinajstić information content (AvgIpc) is 3.10. The van der Waals surface area contributed by atoms with Crippen LogP contribution < -0.4 is 0 Å². The Kier molecular flexibility index (Phi) is 4.93. The lowest BCUT2D eigenvalue weighted by atomic mass is 10.2. The molecule has 0 spiro atoms. The van der Waals surface area contributed by atoms with Crippen LogP contribution in [0.4, 0.5) is 0 Å². The highest BCUT2D eigenvalue weighted by molar-refractivity contribution is 7.21. The highest BCUT2D eigenvalue weighted by atomic mass is 35.5. The summed E-state index contributed by atoms with van der Waals surface area (Å²) >= 11 is 7.95. The zero-order valence-electron chi connectivity index (χ0n) is 14.4. The molecule has 1 amide bonds. The van der Waals surface area contributed by atoms with E-state index in [1.807, 2.05) is 29.2 Å². The number of carbonyl (C=O) groups excluding carboxylic acids is 1. The van der Waals surface area contributed by atoms with Crippen LogP contribution in [0.3, 0.4) is 0 Å². The summed E-state index contributed by atoms with van der Waals surface area (Å²) in [5.74, 6) is 1.29. The molecule has 3 aromatic rings. The summed E-state index contributed by atoms with van der Waals surface area (Å²) in [7, 11) is 0. The van der Waals surface area contributed by atoms with E-state index in [1.54, 1.807) is 6.92 Å². The Hall–Kier alpha value is -1.96. The van der Waals surface area contributed by atoms with Crippen molar-refractivity contribution in [1.82, 2.24) is 19.9 Å². The lowest BCUT2D eigenvalue weighted by Crippen LogP contribution is -2.34. The molecule has 2 aromatic heterocycles. The van der Waals surface area contributed by atoms with Crippen LogP contribution in [0.5, 0.6) is 0 Å². The fourth-order valence-corrected chi connectivity index (χ4v) is 4.71. The zero-order valence-corrected chi connectivity index (χ0v) is 16.0. The van der Waals surface area contributed by atoms with Gasteiger partial charge >= 0.3 is 0 Å². The Labute approximate surface area is 160 Å². The fraction of sp³-hybridized carbons (Fsp3) is 0.389. The van der Waals surface area contributed by atoms with E-state index < -0.39 is 0 Å². The predicted octanol–water partition coefficient (Wildman–Crippen LogP) is 3.59. The summed E-state index contributed by atoms with van der Waals surface area (Å²) in [5, 5.41) is 5.47. The van der Waals surface area contributed by atoms with E-state index in [9.17, 15) is 4.79 Å². The monoisotopic (exact) mass is 390 g/mol. The molecule has 0 atom stereocenters. The molecule has 1 aromatic carbocycles. The van der Waals surface area contributed by atoms with E-state index in [0.717, 1.165) is 36.1 Å². The van der Waals surface area contributed by atoms with Crippen LogP contribution in [0.1, 0.15) is 27.8 Å². The molecule has 0 unspecified atom stereocenters. The molecule has 1 fully saturated rings. The Bertz CT molecular complexity index is 938. The molecule has 6 nitrogen and oxygen atoms in total. The minimum atomic E-state index is 0.0217. The number of thiophene rings is 1. The number of fused-ring (bicyclic) bond motifs is 1. The number of halogens is 1. The Balaban J connectivity index is 1.46. The van der Waals surface area contributed by atoms with Gasteiger partial charge in [0.2, 0.25) is 5.89 Å². The molecule has 26 heavy (non-hydrogen) atoms. The molecule has 0 bridgehead atoms. The van der Waals surface area contributed by atoms with Crippen LogP contribution in [0.25, 0.3) is 10.1 Å². The fourth-order valence-electron chi connectivity index (χ4n) is 3.23. The summed E-state index contributed by atoms with van der Waals surface area (Å²) < 4.78 is 6.08. The second-order valence-corrected chi connectivity index (χ2v) is 7.82. The normalized spacial score (nSPS) is 16.2. The molecule has 8 heteroatoms. The van der Waals surface area contributed by atoms with Crippen LogP contribution in [0.15, 0.2) is 28.8 Å². The minimum Gasteiger partial charge on any atom is -0.340 e. The Morgan fingerprint density at radius 1 is 1.27 bits per heavy atom. The molecule has 0 aliphatic carbocycles. The van der Waals surface area contributed by atoms with Gasteiger partial charge in [-0.1, -0.05) is 35.0 Å². The number of nitrogens with zero attached hydrogens (tertiary/aromatic N) is 4. The molecule has 1 saturated heterocycles. The second-order valence-electron chi connectivity index (χ2n) is 6.39. The maximum atomic E-state index is 13.0. The highest BCUT2D eigenvalue weighted by Gasteiger charge is 2.25. The number of hydrogen-bond donors (Lipinski definition) is 0. The van der Waals surface area contributed by atoms with Crippen LogP contribution in [-0.2, 0) is 6.54 Å². The zero-order chi connectivity index (χ0) is 18.1. The van der Waals surface area contributed by atoms with Crippen molar-refractivity contribution >= 4 is 38.9 Å². The maximum Gasteiger partial charge on any atom is 0.265 e. The number of amides is 1. The van der Waals surface area contributed by atoms with Crippen molar-refractivity contribution < 1.29 is 9.32 Å². The van der Waals surface area contributed by atoms with Gasteiger partial charge < -0.3 is 9.42 Å². The molecule has 0 radical (unpaired) electrons. The molecule has 1 aliphatic rings. The second kappa shape index (κ2) is 7.34. The Morgan fingerprint density at radius 2 is 2.12 bits per heavy atom. The van der Waals surface area contributed by atoms with E-state index in [4.69, 9.17) is 16.1 Å². The molecule has 1 aliphatic heterocycles. The molecule has 0 saturated carbocycles. The van der Waals surface area contributed by atoms with Gasteiger partial charge in [0.1, 0.15) is 4.88 Å². The third-order valence-corrected chi connectivity index (χ3v) is 6.20. The van der Waals surface area contributed by atoms with Gasteiger partial charge in [0.05, 0.1) is 11.6 Å². The van der Waals surface area contributed by atoms with E-state index >= 15 is 0 Å². The van der Waals surface area contributed by atoms with Crippen molar-refractivity contribution in [1.29, 1.82) is 0 Å². The summed E-state index contributed by atoms with van der Waals surface area (Å²) in [6.45, 7) is 5.50. The van der Waals surface area contributed by atoms with Crippen LogP contribution in [-0.4, -0.2) is 52.0 Å².